The molecule has 166 valence electrons. The fourth-order valence-electron chi connectivity index (χ4n) is 4.45. The minimum Gasteiger partial charge on any atom is -0.326 e. The molecule has 0 bridgehead atoms. The highest BCUT2D eigenvalue weighted by atomic mass is 32.1. The summed E-state index contributed by atoms with van der Waals surface area (Å²) in [7, 11) is 0. The number of rotatable bonds is 6. The molecule has 1 saturated heterocycles. The third kappa shape index (κ3) is 3.68. The van der Waals surface area contributed by atoms with E-state index in [0.717, 1.165) is 47.7 Å². The number of carbonyl (C=O) groups excluding carboxylic acids is 1. The predicted molar refractivity (Wildman–Crippen MR) is 117 cm³/mol. The summed E-state index contributed by atoms with van der Waals surface area (Å²) < 4.78 is 18.3. The van der Waals surface area contributed by atoms with E-state index in [0.29, 0.717) is 28.6 Å². The number of alkyl halides is 1. The molecule has 0 spiro atoms. The van der Waals surface area contributed by atoms with Gasteiger partial charge in [0.2, 0.25) is 17.0 Å². The van der Waals surface area contributed by atoms with Crippen LogP contribution >= 0.6 is 11.5 Å². The van der Waals surface area contributed by atoms with Crippen LogP contribution in [0, 0.1) is 0 Å². The van der Waals surface area contributed by atoms with Crippen molar-refractivity contribution in [3.63, 3.8) is 0 Å². The highest BCUT2D eigenvalue weighted by Crippen LogP contribution is 2.40. The number of fused-ring (bicyclic) bond motifs is 1. The first-order valence-corrected chi connectivity index (χ1v) is 11.6. The molecule has 0 aromatic carbocycles. The number of carbonyl (C=O) groups is 1. The van der Waals surface area contributed by atoms with Gasteiger partial charge in [-0.1, -0.05) is 0 Å². The molecule has 4 heterocycles. The van der Waals surface area contributed by atoms with Crippen LogP contribution < -0.4 is 15.5 Å². The molecule has 12 heteroatoms. The van der Waals surface area contributed by atoms with Gasteiger partial charge in [-0.15, -0.1) is 0 Å². The van der Waals surface area contributed by atoms with Crippen LogP contribution in [0.4, 0.5) is 27.1 Å². The minimum absolute atomic E-state index is 0.0701. The van der Waals surface area contributed by atoms with Crippen molar-refractivity contribution in [1.29, 1.82) is 0 Å². The van der Waals surface area contributed by atoms with Crippen LogP contribution in [0.15, 0.2) is 12.4 Å². The Balaban J connectivity index is 1.29. The van der Waals surface area contributed by atoms with Crippen molar-refractivity contribution < 1.29 is 9.18 Å². The van der Waals surface area contributed by atoms with E-state index in [9.17, 15) is 9.18 Å². The van der Waals surface area contributed by atoms with Crippen molar-refractivity contribution in [3.05, 3.63) is 29.3 Å². The van der Waals surface area contributed by atoms with Gasteiger partial charge in [0.05, 0.1) is 12.2 Å². The third-order valence-corrected chi connectivity index (χ3v) is 6.76. The molecule has 3 aromatic rings. The number of amides is 1. The van der Waals surface area contributed by atoms with Gasteiger partial charge in [-0.2, -0.15) is 14.5 Å². The Morgan fingerprint density at radius 1 is 1.28 bits per heavy atom. The van der Waals surface area contributed by atoms with Gasteiger partial charge in [-0.05, 0) is 32.1 Å². The molecule has 2 aliphatic carbocycles. The highest BCUT2D eigenvalue weighted by molar-refractivity contribution is 7.09. The van der Waals surface area contributed by atoms with E-state index < -0.39 is 12.2 Å². The number of hydrogen-bond acceptors (Lipinski definition) is 9. The van der Waals surface area contributed by atoms with E-state index in [4.69, 9.17) is 9.97 Å². The number of anilines is 4. The Kier molecular flexibility index (Phi) is 4.74. The summed E-state index contributed by atoms with van der Waals surface area (Å²) in [5, 5.41) is 13.9. The standard InChI is InChI=1S/C20H22FN9OS/c21-11-6-15(18(31)27-20-22-9-23-32-20)30(8-11)19-24-13-3-1-2-12(13)17(26-19)25-16-7-14(28-29-16)10-4-5-10/h7,9-11,15H,1-6,8H2,(H,22,23,27,31)(H2,24,25,26,28,29)/t11-,15-/m1/s1. The summed E-state index contributed by atoms with van der Waals surface area (Å²) >= 11 is 1.08. The van der Waals surface area contributed by atoms with Crippen LogP contribution in [-0.4, -0.2) is 54.2 Å². The number of aromatic amines is 1. The molecule has 3 aromatic heterocycles. The SMILES string of the molecule is O=C(Nc1ncns1)[C@H]1C[C@@H](F)CN1c1nc2c(c(Nc3cc(C4CC4)[nH]n3)n1)CCC2. The number of hydrogen-bond donors (Lipinski definition) is 3. The van der Waals surface area contributed by atoms with Crippen LogP contribution in [0.1, 0.15) is 48.6 Å². The number of H-pyrrole nitrogens is 1. The fourth-order valence-corrected chi connectivity index (χ4v) is 4.88. The van der Waals surface area contributed by atoms with Crippen LogP contribution in [0.5, 0.6) is 0 Å². The topological polar surface area (TPSA) is 125 Å². The second kappa shape index (κ2) is 7.76. The van der Waals surface area contributed by atoms with Crippen LogP contribution in [0.25, 0.3) is 0 Å². The number of halogens is 1. The highest BCUT2D eigenvalue weighted by Gasteiger charge is 2.39. The second-order valence-corrected chi connectivity index (χ2v) is 9.28. The van der Waals surface area contributed by atoms with Crippen LogP contribution in [0.2, 0.25) is 0 Å². The van der Waals surface area contributed by atoms with Gasteiger partial charge in [-0.25, -0.2) is 14.4 Å². The maximum Gasteiger partial charge on any atom is 0.249 e. The molecule has 3 aliphatic rings. The quantitative estimate of drug-likeness (QED) is 0.518. The second-order valence-electron chi connectivity index (χ2n) is 8.50. The average molecular weight is 456 g/mol. The molecule has 0 radical (unpaired) electrons. The lowest BCUT2D eigenvalue weighted by molar-refractivity contribution is -0.117. The van der Waals surface area contributed by atoms with Crippen LogP contribution in [-0.2, 0) is 17.6 Å². The Morgan fingerprint density at radius 2 is 2.19 bits per heavy atom. The maximum absolute atomic E-state index is 14.4. The zero-order valence-corrected chi connectivity index (χ0v) is 18.0. The van der Waals surface area contributed by atoms with E-state index in [-0.39, 0.29) is 18.9 Å². The zero-order valence-electron chi connectivity index (χ0n) is 17.2. The predicted octanol–water partition coefficient (Wildman–Crippen LogP) is 2.72. The molecular formula is C20H22FN9OS. The van der Waals surface area contributed by atoms with Gasteiger partial charge in [-0.3, -0.25) is 15.2 Å². The Bertz CT molecular complexity index is 1150. The summed E-state index contributed by atoms with van der Waals surface area (Å²) in [5.74, 6) is 2.00. The first-order valence-electron chi connectivity index (χ1n) is 10.8. The number of nitrogens with zero attached hydrogens (tertiary/aromatic N) is 6. The molecule has 2 atom stereocenters. The molecule has 2 fully saturated rings. The molecule has 1 aliphatic heterocycles. The third-order valence-electron chi connectivity index (χ3n) is 6.18. The molecule has 0 unspecified atom stereocenters. The first-order chi connectivity index (χ1) is 15.6. The molecular weight excluding hydrogens is 433 g/mol. The summed E-state index contributed by atoms with van der Waals surface area (Å²) in [6.07, 6.45) is 5.40. The zero-order chi connectivity index (χ0) is 21.7. The summed E-state index contributed by atoms with van der Waals surface area (Å²) in [5.41, 5.74) is 3.14. The lowest BCUT2D eigenvalue weighted by atomic mass is 10.2. The Hall–Kier alpha value is -3.15. The normalized spacial score (nSPS) is 22.2. The lowest BCUT2D eigenvalue weighted by Gasteiger charge is -2.24. The van der Waals surface area contributed by atoms with E-state index >= 15 is 0 Å². The smallest absolute Gasteiger partial charge is 0.249 e. The Morgan fingerprint density at radius 3 is 3.00 bits per heavy atom. The van der Waals surface area contributed by atoms with Crippen molar-refractivity contribution in [2.75, 3.05) is 22.1 Å². The molecule has 10 nitrogen and oxygen atoms in total. The first kappa shape index (κ1) is 19.5. The number of nitrogens with one attached hydrogen (secondary N) is 3. The lowest BCUT2D eigenvalue weighted by Crippen LogP contribution is -2.40. The van der Waals surface area contributed by atoms with Crippen molar-refractivity contribution in [2.24, 2.45) is 0 Å². The molecule has 3 N–H and O–H groups in total. The van der Waals surface area contributed by atoms with E-state index in [1.807, 2.05) is 6.07 Å². The molecule has 1 saturated carbocycles. The van der Waals surface area contributed by atoms with Crippen LogP contribution in [0.3, 0.4) is 0 Å². The van der Waals surface area contributed by atoms with E-state index in [2.05, 4.69) is 30.2 Å². The van der Waals surface area contributed by atoms with Gasteiger partial charge in [0, 0.05) is 41.2 Å². The molecule has 6 rings (SSSR count). The number of aromatic nitrogens is 6. The molecule has 32 heavy (non-hydrogen) atoms. The van der Waals surface area contributed by atoms with Crippen molar-refractivity contribution in [2.45, 2.75) is 56.7 Å². The van der Waals surface area contributed by atoms with Gasteiger partial charge < -0.3 is 10.2 Å². The Labute approximate surface area is 187 Å². The van der Waals surface area contributed by atoms with E-state index in [1.165, 1.54) is 19.2 Å². The molecule has 1 amide bonds. The summed E-state index contributed by atoms with van der Waals surface area (Å²) in [6, 6.07) is 1.31. The van der Waals surface area contributed by atoms with Crippen molar-refractivity contribution >= 4 is 40.2 Å². The maximum atomic E-state index is 14.4. The number of aryl methyl sites for hydroxylation is 1. The van der Waals surface area contributed by atoms with Crippen molar-refractivity contribution in [1.82, 2.24) is 29.5 Å². The summed E-state index contributed by atoms with van der Waals surface area (Å²) in [6.45, 7) is 0.0701. The largest absolute Gasteiger partial charge is 0.326 e. The van der Waals surface area contributed by atoms with Gasteiger partial charge in [0.1, 0.15) is 24.4 Å². The van der Waals surface area contributed by atoms with Crippen molar-refractivity contribution in [3.8, 4) is 0 Å². The monoisotopic (exact) mass is 455 g/mol. The average Bonchev–Trinajstić information content (AvgIpc) is 3.21. The van der Waals surface area contributed by atoms with Gasteiger partial charge in [0.25, 0.3) is 0 Å². The van der Waals surface area contributed by atoms with Gasteiger partial charge in [0.15, 0.2) is 5.82 Å². The fraction of sp³-hybridized carbons (Fsp3) is 0.500. The minimum atomic E-state index is -1.14. The van der Waals surface area contributed by atoms with Gasteiger partial charge >= 0.3 is 0 Å². The summed E-state index contributed by atoms with van der Waals surface area (Å²) in [4.78, 5) is 28.0. The van der Waals surface area contributed by atoms with E-state index in [1.54, 1.807) is 4.90 Å².